The lowest BCUT2D eigenvalue weighted by atomic mass is 10.1. The van der Waals surface area contributed by atoms with Crippen molar-refractivity contribution in [3.05, 3.63) is 36.5 Å². The number of ether oxygens (including phenoxy) is 2. The number of nitrogens with two attached hydrogens (primary N) is 1. The SMILES string of the molecule is NC1CCOCC1Oc1ccc2cccnc2c1. The minimum absolute atomic E-state index is 0.0400. The molecule has 0 bridgehead atoms. The molecule has 1 aromatic carbocycles. The minimum atomic E-state index is -0.0695. The Bertz CT molecular complexity index is 544. The molecule has 2 heterocycles. The first kappa shape index (κ1) is 11.4. The smallest absolute Gasteiger partial charge is 0.137 e. The Kier molecular flexibility index (Phi) is 3.13. The van der Waals surface area contributed by atoms with Gasteiger partial charge in [0.15, 0.2) is 0 Å². The Balaban J connectivity index is 1.81. The lowest BCUT2D eigenvalue weighted by Crippen LogP contribution is -2.46. The average molecular weight is 244 g/mol. The molecule has 0 saturated carbocycles. The van der Waals surface area contributed by atoms with Gasteiger partial charge < -0.3 is 15.2 Å². The summed E-state index contributed by atoms with van der Waals surface area (Å²) in [7, 11) is 0. The Morgan fingerprint density at radius 3 is 3.17 bits per heavy atom. The summed E-state index contributed by atoms with van der Waals surface area (Å²) >= 11 is 0. The van der Waals surface area contributed by atoms with Gasteiger partial charge in [0.1, 0.15) is 11.9 Å². The third-order valence-corrected chi connectivity index (χ3v) is 3.22. The highest BCUT2D eigenvalue weighted by Crippen LogP contribution is 2.21. The highest BCUT2D eigenvalue weighted by atomic mass is 16.5. The van der Waals surface area contributed by atoms with E-state index < -0.39 is 0 Å². The largest absolute Gasteiger partial charge is 0.486 e. The van der Waals surface area contributed by atoms with Crippen molar-refractivity contribution in [1.29, 1.82) is 0 Å². The average Bonchev–Trinajstić information content (AvgIpc) is 2.41. The predicted octanol–water partition coefficient (Wildman–Crippen LogP) is 1.73. The van der Waals surface area contributed by atoms with Gasteiger partial charge in [0, 0.05) is 30.3 Å². The Labute approximate surface area is 106 Å². The summed E-state index contributed by atoms with van der Waals surface area (Å²) in [5.41, 5.74) is 6.95. The van der Waals surface area contributed by atoms with Gasteiger partial charge in [-0.25, -0.2) is 0 Å². The fourth-order valence-electron chi connectivity index (χ4n) is 2.14. The summed E-state index contributed by atoms with van der Waals surface area (Å²) in [5.74, 6) is 0.798. The molecule has 1 aliphatic heterocycles. The Morgan fingerprint density at radius 2 is 2.28 bits per heavy atom. The maximum atomic E-state index is 6.02. The number of fused-ring (bicyclic) bond motifs is 1. The molecule has 0 aliphatic carbocycles. The van der Waals surface area contributed by atoms with Crippen molar-refractivity contribution in [3.63, 3.8) is 0 Å². The summed E-state index contributed by atoms with van der Waals surface area (Å²) < 4.78 is 11.3. The van der Waals surface area contributed by atoms with E-state index in [4.69, 9.17) is 15.2 Å². The summed E-state index contributed by atoms with van der Waals surface area (Å²) in [6, 6.07) is 9.89. The molecule has 2 aromatic rings. The first-order chi connectivity index (χ1) is 8.83. The molecule has 1 saturated heterocycles. The maximum absolute atomic E-state index is 6.02. The van der Waals surface area contributed by atoms with Crippen LogP contribution >= 0.6 is 0 Å². The number of aromatic nitrogens is 1. The number of nitrogens with zero attached hydrogens (tertiary/aromatic N) is 1. The van der Waals surface area contributed by atoms with Crippen molar-refractivity contribution in [2.24, 2.45) is 5.73 Å². The highest BCUT2D eigenvalue weighted by Gasteiger charge is 2.24. The molecule has 1 aromatic heterocycles. The lowest BCUT2D eigenvalue weighted by Gasteiger charge is -2.29. The van der Waals surface area contributed by atoms with E-state index in [0.29, 0.717) is 6.61 Å². The number of hydrogen-bond acceptors (Lipinski definition) is 4. The van der Waals surface area contributed by atoms with Crippen LogP contribution in [0.1, 0.15) is 6.42 Å². The fraction of sp³-hybridized carbons (Fsp3) is 0.357. The summed E-state index contributed by atoms with van der Waals surface area (Å²) in [4.78, 5) is 4.31. The van der Waals surface area contributed by atoms with Gasteiger partial charge >= 0.3 is 0 Å². The molecule has 4 heteroatoms. The van der Waals surface area contributed by atoms with Crippen LogP contribution in [0.5, 0.6) is 5.75 Å². The van der Waals surface area contributed by atoms with Gasteiger partial charge in [0.05, 0.1) is 12.1 Å². The second kappa shape index (κ2) is 4.92. The van der Waals surface area contributed by atoms with Crippen molar-refractivity contribution in [2.75, 3.05) is 13.2 Å². The molecule has 1 aliphatic rings. The van der Waals surface area contributed by atoms with E-state index in [9.17, 15) is 0 Å². The molecule has 0 radical (unpaired) electrons. The standard InChI is InChI=1S/C14H16N2O2/c15-12-5-7-17-9-14(12)18-11-4-3-10-2-1-6-16-13(10)8-11/h1-4,6,8,12,14H,5,7,9,15H2. The third kappa shape index (κ3) is 2.30. The fourth-order valence-corrected chi connectivity index (χ4v) is 2.14. The van der Waals surface area contributed by atoms with Crippen molar-refractivity contribution < 1.29 is 9.47 Å². The number of benzene rings is 1. The van der Waals surface area contributed by atoms with Crippen LogP contribution in [0, 0.1) is 0 Å². The molecule has 0 spiro atoms. The molecule has 2 atom stereocenters. The van der Waals surface area contributed by atoms with Crippen LogP contribution in [0.2, 0.25) is 0 Å². The molecular weight excluding hydrogens is 228 g/mol. The molecule has 94 valence electrons. The monoisotopic (exact) mass is 244 g/mol. The topological polar surface area (TPSA) is 57.4 Å². The van der Waals surface area contributed by atoms with Gasteiger partial charge in [-0.3, -0.25) is 4.98 Å². The van der Waals surface area contributed by atoms with Gasteiger partial charge in [-0.2, -0.15) is 0 Å². The van der Waals surface area contributed by atoms with Crippen LogP contribution in [-0.2, 0) is 4.74 Å². The van der Waals surface area contributed by atoms with Crippen molar-refractivity contribution in [1.82, 2.24) is 4.98 Å². The molecule has 2 N–H and O–H groups in total. The first-order valence-electron chi connectivity index (χ1n) is 6.18. The number of rotatable bonds is 2. The molecule has 1 fully saturated rings. The van der Waals surface area contributed by atoms with Crippen molar-refractivity contribution in [2.45, 2.75) is 18.6 Å². The van der Waals surface area contributed by atoms with E-state index in [1.807, 2.05) is 30.3 Å². The molecule has 2 unspecified atom stereocenters. The van der Waals surface area contributed by atoms with Gasteiger partial charge in [-0.1, -0.05) is 6.07 Å². The molecule has 3 rings (SSSR count). The first-order valence-corrected chi connectivity index (χ1v) is 6.18. The van der Waals surface area contributed by atoms with Gasteiger partial charge in [-0.05, 0) is 24.6 Å². The normalized spacial score (nSPS) is 24.1. The van der Waals surface area contributed by atoms with Crippen LogP contribution in [0.25, 0.3) is 10.9 Å². The van der Waals surface area contributed by atoms with Gasteiger partial charge in [0.25, 0.3) is 0 Å². The van der Waals surface area contributed by atoms with Crippen LogP contribution in [0.3, 0.4) is 0 Å². The van der Waals surface area contributed by atoms with Gasteiger partial charge in [0.2, 0.25) is 0 Å². The number of pyridine rings is 1. The molecule has 0 amide bonds. The zero-order valence-corrected chi connectivity index (χ0v) is 10.1. The molecule has 4 nitrogen and oxygen atoms in total. The van der Waals surface area contributed by atoms with E-state index in [2.05, 4.69) is 4.98 Å². The van der Waals surface area contributed by atoms with Gasteiger partial charge in [-0.15, -0.1) is 0 Å². The van der Waals surface area contributed by atoms with Crippen LogP contribution < -0.4 is 10.5 Å². The quantitative estimate of drug-likeness (QED) is 0.874. The minimum Gasteiger partial charge on any atom is -0.486 e. The second-order valence-corrected chi connectivity index (χ2v) is 4.54. The Hall–Kier alpha value is -1.65. The molecule has 18 heavy (non-hydrogen) atoms. The zero-order valence-electron chi connectivity index (χ0n) is 10.1. The Morgan fingerprint density at radius 1 is 1.33 bits per heavy atom. The second-order valence-electron chi connectivity index (χ2n) is 4.54. The van der Waals surface area contributed by atoms with Crippen molar-refractivity contribution in [3.8, 4) is 5.75 Å². The maximum Gasteiger partial charge on any atom is 0.137 e. The highest BCUT2D eigenvalue weighted by molar-refractivity contribution is 5.79. The summed E-state index contributed by atoms with van der Waals surface area (Å²) in [6.45, 7) is 1.28. The summed E-state index contributed by atoms with van der Waals surface area (Å²) in [6.07, 6.45) is 2.55. The summed E-state index contributed by atoms with van der Waals surface area (Å²) in [5, 5.41) is 1.11. The zero-order chi connectivity index (χ0) is 12.4. The van der Waals surface area contributed by atoms with Crippen LogP contribution in [-0.4, -0.2) is 30.3 Å². The van der Waals surface area contributed by atoms with Crippen LogP contribution in [0.15, 0.2) is 36.5 Å². The predicted molar refractivity (Wildman–Crippen MR) is 69.6 cm³/mol. The van der Waals surface area contributed by atoms with E-state index in [1.54, 1.807) is 6.20 Å². The lowest BCUT2D eigenvalue weighted by molar-refractivity contribution is -0.00526. The van der Waals surface area contributed by atoms with E-state index in [1.165, 1.54) is 0 Å². The van der Waals surface area contributed by atoms with Crippen LogP contribution in [0.4, 0.5) is 0 Å². The van der Waals surface area contributed by atoms with Crippen molar-refractivity contribution >= 4 is 10.9 Å². The van der Waals surface area contributed by atoms with E-state index >= 15 is 0 Å². The van der Waals surface area contributed by atoms with E-state index in [0.717, 1.165) is 29.7 Å². The molecular formula is C14H16N2O2. The van der Waals surface area contributed by atoms with E-state index in [-0.39, 0.29) is 12.1 Å². The third-order valence-electron chi connectivity index (χ3n) is 3.22. The number of hydrogen-bond donors (Lipinski definition) is 1.